The molecule has 1 aliphatic rings. The second-order valence-corrected chi connectivity index (χ2v) is 7.55. The van der Waals surface area contributed by atoms with E-state index in [-0.39, 0.29) is 23.3 Å². The molecule has 1 heterocycles. The third-order valence-electron chi connectivity index (χ3n) is 4.38. The third kappa shape index (κ3) is 4.81. The summed E-state index contributed by atoms with van der Waals surface area (Å²) in [6, 6.07) is 8.03. The molecule has 2 unspecified atom stereocenters. The Labute approximate surface area is 149 Å². The van der Waals surface area contributed by atoms with Crippen molar-refractivity contribution in [1.82, 2.24) is 15.5 Å². The van der Waals surface area contributed by atoms with Crippen LogP contribution in [0.15, 0.2) is 30.3 Å². The molecule has 2 atom stereocenters. The molecule has 1 saturated heterocycles. The first-order valence-corrected chi connectivity index (χ1v) is 8.63. The molecule has 1 aromatic rings. The van der Waals surface area contributed by atoms with Crippen molar-refractivity contribution < 1.29 is 14.4 Å². The van der Waals surface area contributed by atoms with Crippen LogP contribution in [0.2, 0.25) is 0 Å². The standard InChI is InChI=1S/C19H27N3O3/c1-13(23)16(19(2,3)4)21-18(25)20-15-11-8-12-22(15)17(24)14-9-6-5-7-10-14/h5-7,9-10,15-16H,8,11-12H2,1-4H3,(H2,20,21,25). The summed E-state index contributed by atoms with van der Waals surface area (Å²) < 4.78 is 0. The first kappa shape index (κ1) is 19.0. The number of rotatable bonds is 4. The number of Topliss-reactive ketones (excluding diaryl/α,β-unsaturated/α-hetero) is 1. The van der Waals surface area contributed by atoms with Crippen LogP contribution < -0.4 is 10.6 Å². The van der Waals surface area contributed by atoms with Crippen LogP contribution >= 0.6 is 0 Å². The molecule has 0 saturated carbocycles. The van der Waals surface area contributed by atoms with E-state index >= 15 is 0 Å². The highest BCUT2D eigenvalue weighted by atomic mass is 16.2. The molecule has 1 fully saturated rings. The van der Waals surface area contributed by atoms with Crippen molar-refractivity contribution in [2.24, 2.45) is 5.41 Å². The van der Waals surface area contributed by atoms with Gasteiger partial charge in [-0.25, -0.2) is 4.79 Å². The Morgan fingerprint density at radius 1 is 1.16 bits per heavy atom. The fourth-order valence-electron chi connectivity index (χ4n) is 3.16. The zero-order chi connectivity index (χ0) is 18.6. The Morgan fingerprint density at radius 3 is 2.36 bits per heavy atom. The van der Waals surface area contributed by atoms with Gasteiger partial charge in [-0.15, -0.1) is 0 Å². The molecule has 0 aromatic heterocycles. The molecule has 6 nitrogen and oxygen atoms in total. The van der Waals surface area contributed by atoms with E-state index in [0.717, 1.165) is 6.42 Å². The van der Waals surface area contributed by atoms with Crippen LogP contribution in [0.5, 0.6) is 0 Å². The minimum absolute atomic E-state index is 0.0914. The van der Waals surface area contributed by atoms with Gasteiger partial charge >= 0.3 is 6.03 Å². The van der Waals surface area contributed by atoms with Crippen LogP contribution in [-0.2, 0) is 4.79 Å². The lowest BCUT2D eigenvalue weighted by Crippen LogP contribution is -2.56. The average Bonchev–Trinajstić information content (AvgIpc) is 2.99. The lowest BCUT2D eigenvalue weighted by Gasteiger charge is -2.31. The molecule has 0 aliphatic carbocycles. The van der Waals surface area contributed by atoms with Crippen LogP contribution in [0.4, 0.5) is 4.79 Å². The van der Waals surface area contributed by atoms with E-state index in [1.54, 1.807) is 17.0 Å². The van der Waals surface area contributed by atoms with Crippen LogP contribution in [-0.4, -0.2) is 41.4 Å². The number of ketones is 1. The first-order chi connectivity index (χ1) is 11.7. The van der Waals surface area contributed by atoms with Crippen molar-refractivity contribution in [1.29, 1.82) is 0 Å². The maximum absolute atomic E-state index is 12.6. The van der Waals surface area contributed by atoms with Gasteiger partial charge in [-0.1, -0.05) is 39.0 Å². The molecule has 25 heavy (non-hydrogen) atoms. The molecule has 0 spiro atoms. The zero-order valence-corrected chi connectivity index (χ0v) is 15.3. The van der Waals surface area contributed by atoms with E-state index in [1.165, 1.54) is 6.92 Å². The Balaban J connectivity index is 2.02. The topological polar surface area (TPSA) is 78.5 Å². The second-order valence-electron chi connectivity index (χ2n) is 7.55. The number of urea groups is 1. The van der Waals surface area contributed by atoms with Gasteiger partial charge in [0.25, 0.3) is 5.91 Å². The lowest BCUT2D eigenvalue weighted by atomic mass is 9.84. The normalized spacial score (nSPS) is 18.6. The zero-order valence-electron chi connectivity index (χ0n) is 15.3. The number of hydrogen-bond donors (Lipinski definition) is 2. The Kier molecular flexibility index (Phi) is 5.82. The third-order valence-corrected chi connectivity index (χ3v) is 4.38. The summed E-state index contributed by atoms with van der Waals surface area (Å²) in [5, 5.41) is 5.58. The summed E-state index contributed by atoms with van der Waals surface area (Å²) in [6.07, 6.45) is 1.17. The number of nitrogens with zero attached hydrogens (tertiary/aromatic N) is 1. The van der Waals surface area contributed by atoms with Crippen molar-refractivity contribution >= 4 is 17.7 Å². The van der Waals surface area contributed by atoms with Crippen molar-refractivity contribution in [3.8, 4) is 0 Å². The van der Waals surface area contributed by atoms with Crippen LogP contribution in [0.1, 0.15) is 50.9 Å². The van der Waals surface area contributed by atoms with Gasteiger partial charge in [-0.3, -0.25) is 9.59 Å². The Bertz CT molecular complexity index is 637. The summed E-state index contributed by atoms with van der Waals surface area (Å²) in [4.78, 5) is 38.5. The highest BCUT2D eigenvalue weighted by Gasteiger charge is 2.33. The fourth-order valence-corrected chi connectivity index (χ4v) is 3.16. The van der Waals surface area contributed by atoms with E-state index in [0.29, 0.717) is 18.5 Å². The Morgan fingerprint density at radius 2 is 1.80 bits per heavy atom. The number of carbonyl (C=O) groups is 3. The molecular formula is C19H27N3O3. The van der Waals surface area contributed by atoms with Gasteiger partial charge in [0.05, 0.1) is 6.04 Å². The summed E-state index contributed by atoms with van der Waals surface area (Å²) >= 11 is 0. The van der Waals surface area contributed by atoms with Crippen LogP contribution in [0.25, 0.3) is 0 Å². The maximum Gasteiger partial charge on any atom is 0.317 e. The van der Waals surface area contributed by atoms with Gasteiger partial charge < -0.3 is 15.5 Å². The number of benzene rings is 1. The molecule has 136 valence electrons. The molecule has 1 aliphatic heterocycles. The molecule has 3 amide bonds. The lowest BCUT2D eigenvalue weighted by molar-refractivity contribution is -0.121. The van der Waals surface area contributed by atoms with Gasteiger partial charge in [0, 0.05) is 12.1 Å². The van der Waals surface area contributed by atoms with Gasteiger partial charge in [0.15, 0.2) is 5.78 Å². The van der Waals surface area contributed by atoms with Crippen LogP contribution in [0.3, 0.4) is 0 Å². The number of likely N-dealkylation sites (tertiary alicyclic amines) is 1. The Hall–Kier alpha value is -2.37. The summed E-state index contributed by atoms with van der Waals surface area (Å²) in [6.45, 7) is 7.78. The fraction of sp³-hybridized carbons (Fsp3) is 0.526. The van der Waals surface area contributed by atoms with Gasteiger partial charge in [-0.05, 0) is 37.3 Å². The first-order valence-electron chi connectivity index (χ1n) is 8.63. The summed E-state index contributed by atoms with van der Waals surface area (Å²) in [7, 11) is 0. The number of nitrogens with one attached hydrogen (secondary N) is 2. The van der Waals surface area contributed by atoms with E-state index in [4.69, 9.17) is 0 Å². The molecule has 2 rings (SSSR count). The maximum atomic E-state index is 12.6. The van der Waals surface area contributed by atoms with Gasteiger partial charge in [0.2, 0.25) is 0 Å². The second kappa shape index (κ2) is 7.68. The molecule has 0 radical (unpaired) electrons. The minimum Gasteiger partial charge on any atom is -0.328 e. The highest BCUT2D eigenvalue weighted by molar-refractivity contribution is 5.95. The number of hydrogen-bond acceptors (Lipinski definition) is 3. The minimum atomic E-state index is -0.577. The van der Waals surface area contributed by atoms with Crippen molar-refractivity contribution in [2.75, 3.05) is 6.54 Å². The van der Waals surface area contributed by atoms with Gasteiger partial charge in [0.1, 0.15) is 6.17 Å². The average molecular weight is 345 g/mol. The summed E-state index contributed by atoms with van der Waals surface area (Å²) in [5.74, 6) is -0.186. The molecule has 0 bridgehead atoms. The van der Waals surface area contributed by atoms with Crippen molar-refractivity contribution in [2.45, 2.75) is 52.7 Å². The monoisotopic (exact) mass is 345 g/mol. The van der Waals surface area contributed by atoms with E-state index in [1.807, 2.05) is 39.0 Å². The van der Waals surface area contributed by atoms with Crippen molar-refractivity contribution in [3.63, 3.8) is 0 Å². The molecule has 1 aromatic carbocycles. The predicted octanol–water partition coefficient (Wildman–Crippen LogP) is 2.55. The molecular weight excluding hydrogens is 318 g/mol. The predicted molar refractivity (Wildman–Crippen MR) is 96.1 cm³/mol. The van der Waals surface area contributed by atoms with Crippen molar-refractivity contribution in [3.05, 3.63) is 35.9 Å². The molecule has 6 heteroatoms. The van der Waals surface area contributed by atoms with E-state index in [2.05, 4.69) is 10.6 Å². The van der Waals surface area contributed by atoms with E-state index in [9.17, 15) is 14.4 Å². The van der Waals surface area contributed by atoms with Crippen LogP contribution in [0, 0.1) is 5.41 Å². The number of carbonyl (C=O) groups excluding carboxylic acids is 3. The largest absolute Gasteiger partial charge is 0.328 e. The highest BCUT2D eigenvalue weighted by Crippen LogP contribution is 2.21. The summed E-state index contributed by atoms with van der Waals surface area (Å²) in [5.41, 5.74) is 0.228. The smallest absolute Gasteiger partial charge is 0.317 e. The SMILES string of the molecule is CC(=O)C(NC(=O)NC1CCCN1C(=O)c1ccccc1)C(C)(C)C. The quantitative estimate of drug-likeness (QED) is 0.880. The molecule has 2 N–H and O–H groups in total. The number of amides is 3. The van der Waals surface area contributed by atoms with Gasteiger partial charge in [-0.2, -0.15) is 0 Å². The van der Waals surface area contributed by atoms with E-state index < -0.39 is 12.1 Å².